The molecular formula is C15H21NO3. The van der Waals surface area contributed by atoms with Crippen LogP contribution >= 0.6 is 0 Å². The highest BCUT2D eigenvalue weighted by Crippen LogP contribution is 2.53. The molecule has 0 aromatic heterocycles. The number of nitrogens with zero attached hydrogens (tertiary/aromatic N) is 1. The van der Waals surface area contributed by atoms with E-state index in [4.69, 9.17) is 0 Å². The SMILES string of the molecule is CC(C)C(CCO)N1C(=O)C2C3C=CC(C3)C2C1=O. The summed E-state index contributed by atoms with van der Waals surface area (Å²) < 4.78 is 0. The number of carbonyl (C=O) groups is 2. The Kier molecular flexibility index (Phi) is 3.01. The number of aliphatic hydroxyl groups is 1. The lowest BCUT2D eigenvalue weighted by molar-refractivity contribution is -0.145. The van der Waals surface area contributed by atoms with Gasteiger partial charge in [0.25, 0.3) is 0 Å². The van der Waals surface area contributed by atoms with Gasteiger partial charge in [0.05, 0.1) is 11.8 Å². The molecule has 104 valence electrons. The van der Waals surface area contributed by atoms with E-state index in [0.29, 0.717) is 6.42 Å². The quantitative estimate of drug-likeness (QED) is 0.612. The smallest absolute Gasteiger partial charge is 0.233 e. The second-order valence-electron chi connectivity index (χ2n) is 6.37. The standard InChI is InChI=1S/C15H21NO3/c1-8(2)11(5-6-17)16-14(18)12-9-3-4-10(7-9)13(12)15(16)19/h3-4,8-13,17H,5-7H2,1-2H3. The van der Waals surface area contributed by atoms with Gasteiger partial charge in [-0.15, -0.1) is 0 Å². The average molecular weight is 263 g/mol. The summed E-state index contributed by atoms with van der Waals surface area (Å²) in [6, 6.07) is -0.157. The predicted molar refractivity (Wildman–Crippen MR) is 69.9 cm³/mol. The Hall–Kier alpha value is -1.16. The lowest BCUT2D eigenvalue weighted by Crippen LogP contribution is -2.45. The summed E-state index contributed by atoms with van der Waals surface area (Å²) in [4.78, 5) is 26.7. The van der Waals surface area contributed by atoms with Gasteiger partial charge in [0.2, 0.25) is 11.8 Å². The zero-order valence-corrected chi connectivity index (χ0v) is 11.5. The van der Waals surface area contributed by atoms with Crippen molar-refractivity contribution in [2.24, 2.45) is 29.6 Å². The molecule has 0 aromatic rings. The molecule has 19 heavy (non-hydrogen) atoms. The number of allylic oxidation sites excluding steroid dienone is 2. The maximum atomic E-state index is 12.6. The second kappa shape index (κ2) is 4.44. The number of aliphatic hydroxyl groups excluding tert-OH is 1. The van der Waals surface area contributed by atoms with Gasteiger partial charge in [-0.2, -0.15) is 0 Å². The largest absolute Gasteiger partial charge is 0.396 e. The third-order valence-electron chi connectivity index (χ3n) is 5.03. The van der Waals surface area contributed by atoms with E-state index < -0.39 is 0 Å². The van der Waals surface area contributed by atoms with Crippen LogP contribution in [0.1, 0.15) is 26.7 Å². The van der Waals surface area contributed by atoms with Gasteiger partial charge in [-0.1, -0.05) is 26.0 Å². The van der Waals surface area contributed by atoms with Gasteiger partial charge in [-0.25, -0.2) is 0 Å². The Labute approximate surface area is 113 Å². The van der Waals surface area contributed by atoms with Crippen LogP contribution in [0.5, 0.6) is 0 Å². The predicted octanol–water partition coefficient (Wildman–Crippen LogP) is 1.20. The van der Waals surface area contributed by atoms with Gasteiger partial charge in [0, 0.05) is 12.6 Å². The number of amides is 2. The number of imide groups is 1. The van der Waals surface area contributed by atoms with Crippen LogP contribution in [0.25, 0.3) is 0 Å². The van der Waals surface area contributed by atoms with E-state index in [1.54, 1.807) is 0 Å². The fourth-order valence-corrected chi connectivity index (χ4v) is 4.15. The molecule has 4 nitrogen and oxygen atoms in total. The lowest BCUT2D eigenvalue weighted by Gasteiger charge is -2.30. The van der Waals surface area contributed by atoms with Crippen molar-refractivity contribution in [3.05, 3.63) is 12.2 Å². The molecule has 2 aliphatic carbocycles. The minimum Gasteiger partial charge on any atom is -0.396 e. The third-order valence-corrected chi connectivity index (χ3v) is 5.03. The first kappa shape index (κ1) is 12.9. The minimum atomic E-state index is -0.157. The monoisotopic (exact) mass is 263 g/mol. The lowest BCUT2D eigenvalue weighted by atomic mass is 9.85. The Morgan fingerprint density at radius 1 is 1.21 bits per heavy atom. The molecule has 1 saturated carbocycles. The molecule has 1 aliphatic heterocycles. The molecule has 1 heterocycles. The number of carbonyl (C=O) groups excluding carboxylic acids is 2. The molecule has 1 N–H and O–H groups in total. The van der Waals surface area contributed by atoms with E-state index in [2.05, 4.69) is 12.2 Å². The van der Waals surface area contributed by atoms with Gasteiger partial charge in [-0.3, -0.25) is 14.5 Å². The topological polar surface area (TPSA) is 57.6 Å². The van der Waals surface area contributed by atoms with Crippen molar-refractivity contribution in [3.8, 4) is 0 Å². The van der Waals surface area contributed by atoms with Crippen LogP contribution in [0.2, 0.25) is 0 Å². The number of hydrogen-bond donors (Lipinski definition) is 1. The van der Waals surface area contributed by atoms with Crippen LogP contribution < -0.4 is 0 Å². The summed E-state index contributed by atoms with van der Waals surface area (Å²) in [7, 11) is 0. The van der Waals surface area contributed by atoms with Gasteiger partial charge in [0.1, 0.15) is 0 Å². The van der Waals surface area contributed by atoms with Crippen LogP contribution in [0.4, 0.5) is 0 Å². The number of fused-ring (bicyclic) bond motifs is 5. The molecule has 5 unspecified atom stereocenters. The van der Waals surface area contributed by atoms with E-state index in [1.807, 2.05) is 13.8 Å². The van der Waals surface area contributed by atoms with E-state index in [-0.39, 0.29) is 54.1 Å². The molecule has 1 saturated heterocycles. The minimum absolute atomic E-state index is 0.000926. The van der Waals surface area contributed by atoms with Gasteiger partial charge in [0.15, 0.2) is 0 Å². The summed E-state index contributed by atoms with van der Waals surface area (Å²) in [5.41, 5.74) is 0. The summed E-state index contributed by atoms with van der Waals surface area (Å²) in [5.74, 6) is 0.462. The molecule has 2 amide bonds. The normalized spacial score (nSPS) is 37.6. The zero-order valence-electron chi connectivity index (χ0n) is 11.5. The highest BCUT2D eigenvalue weighted by molar-refractivity contribution is 6.06. The van der Waals surface area contributed by atoms with E-state index >= 15 is 0 Å². The first-order valence-electron chi connectivity index (χ1n) is 7.22. The highest BCUT2D eigenvalue weighted by atomic mass is 16.3. The zero-order chi connectivity index (χ0) is 13.7. The Morgan fingerprint density at radius 2 is 1.74 bits per heavy atom. The molecular weight excluding hydrogens is 242 g/mol. The first-order valence-corrected chi connectivity index (χ1v) is 7.22. The molecule has 3 rings (SSSR count). The molecule has 0 radical (unpaired) electrons. The van der Waals surface area contributed by atoms with Gasteiger partial charge >= 0.3 is 0 Å². The fourth-order valence-electron chi connectivity index (χ4n) is 4.15. The Morgan fingerprint density at radius 3 is 2.16 bits per heavy atom. The Balaban J connectivity index is 1.89. The van der Waals surface area contributed by atoms with Crippen molar-refractivity contribution in [1.29, 1.82) is 0 Å². The van der Waals surface area contributed by atoms with Crippen LogP contribution in [0.15, 0.2) is 12.2 Å². The van der Waals surface area contributed by atoms with Crippen molar-refractivity contribution in [2.75, 3.05) is 6.61 Å². The fraction of sp³-hybridized carbons (Fsp3) is 0.733. The number of hydrogen-bond acceptors (Lipinski definition) is 3. The molecule has 5 atom stereocenters. The van der Waals surface area contributed by atoms with Gasteiger partial charge in [-0.05, 0) is 30.6 Å². The number of rotatable bonds is 4. The maximum absolute atomic E-state index is 12.6. The summed E-state index contributed by atoms with van der Waals surface area (Å²) in [6.07, 6.45) is 5.66. The van der Waals surface area contributed by atoms with Crippen molar-refractivity contribution in [3.63, 3.8) is 0 Å². The Bertz CT molecular complexity index is 413. The second-order valence-corrected chi connectivity index (χ2v) is 6.37. The highest BCUT2D eigenvalue weighted by Gasteiger charge is 2.60. The average Bonchev–Trinajstić information content (AvgIpc) is 3.02. The van der Waals surface area contributed by atoms with E-state index in [0.717, 1.165) is 6.42 Å². The molecule has 0 spiro atoms. The van der Waals surface area contributed by atoms with Crippen LogP contribution in [0, 0.1) is 29.6 Å². The number of likely N-dealkylation sites (tertiary alicyclic amines) is 1. The molecule has 2 fully saturated rings. The van der Waals surface area contributed by atoms with Crippen LogP contribution in [-0.2, 0) is 9.59 Å². The summed E-state index contributed by atoms with van der Waals surface area (Å²) in [5, 5.41) is 9.18. The molecule has 2 bridgehead atoms. The van der Waals surface area contributed by atoms with Crippen molar-refractivity contribution < 1.29 is 14.7 Å². The molecule has 3 aliphatic rings. The summed E-state index contributed by atoms with van der Waals surface area (Å²) in [6.45, 7) is 4.02. The maximum Gasteiger partial charge on any atom is 0.233 e. The van der Waals surface area contributed by atoms with Crippen molar-refractivity contribution in [1.82, 2.24) is 4.90 Å². The van der Waals surface area contributed by atoms with Crippen LogP contribution in [-0.4, -0.2) is 34.5 Å². The summed E-state index contributed by atoms with van der Waals surface area (Å²) >= 11 is 0. The molecule has 4 heteroatoms. The van der Waals surface area contributed by atoms with E-state index in [1.165, 1.54) is 4.90 Å². The first-order chi connectivity index (χ1) is 9.06. The van der Waals surface area contributed by atoms with Crippen molar-refractivity contribution in [2.45, 2.75) is 32.7 Å². The van der Waals surface area contributed by atoms with Crippen molar-refractivity contribution >= 4 is 11.8 Å². The molecule has 0 aromatic carbocycles. The van der Waals surface area contributed by atoms with E-state index in [9.17, 15) is 14.7 Å². The third kappa shape index (κ3) is 1.69. The van der Waals surface area contributed by atoms with Crippen LogP contribution in [0.3, 0.4) is 0 Å². The van der Waals surface area contributed by atoms with Gasteiger partial charge < -0.3 is 5.11 Å².